The number of amides is 1. The van der Waals surface area contributed by atoms with Crippen molar-refractivity contribution in [3.05, 3.63) is 59.3 Å². The molecule has 0 saturated carbocycles. The van der Waals surface area contributed by atoms with Crippen LogP contribution in [0.1, 0.15) is 29.7 Å². The van der Waals surface area contributed by atoms with Crippen LogP contribution in [0.15, 0.2) is 47.4 Å². The second-order valence-corrected chi connectivity index (χ2v) is 10.3. The summed E-state index contributed by atoms with van der Waals surface area (Å²) in [7, 11) is -3.58. The minimum atomic E-state index is -3.58. The first-order valence-electron chi connectivity index (χ1n) is 10.5. The molecule has 0 unspecified atom stereocenters. The van der Waals surface area contributed by atoms with E-state index in [1.54, 1.807) is 18.2 Å². The van der Waals surface area contributed by atoms with Crippen LogP contribution < -0.4 is 10.0 Å². The average Bonchev–Trinajstić information content (AvgIpc) is 3.02. The van der Waals surface area contributed by atoms with Crippen molar-refractivity contribution in [3.8, 4) is 0 Å². The number of aromatic amines is 1. The molecule has 7 nitrogen and oxygen atoms in total. The third kappa shape index (κ3) is 3.49. The van der Waals surface area contributed by atoms with Crippen LogP contribution in [0, 0.1) is 13.8 Å². The van der Waals surface area contributed by atoms with Crippen LogP contribution in [0.4, 0.5) is 5.69 Å². The van der Waals surface area contributed by atoms with Crippen molar-refractivity contribution in [3.63, 3.8) is 0 Å². The first kappa shape index (κ1) is 20.1. The molecule has 3 aromatic rings. The van der Waals surface area contributed by atoms with Crippen LogP contribution >= 0.6 is 0 Å². The fourth-order valence-electron chi connectivity index (χ4n) is 4.75. The van der Waals surface area contributed by atoms with Crippen molar-refractivity contribution in [1.29, 1.82) is 0 Å². The van der Waals surface area contributed by atoms with Crippen LogP contribution in [0.25, 0.3) is 10.9 Å². The fraction of sp³-hybridized carbons (Fsp3) is 0.348. The maximum Gasteiger partial charge on any atom is 0.244 e. The van der Waals surface area contributed by atoms with Crippen LogP contribution in [-0.4, -0.2) is 43.0 Å². The van der Waals surface area contributed by atoms with E-state index in [4.69, 9.17) is 0 Å². The van der Waals surface area contributed by atoms with E-state index in [-0.39, 0.29) is 10.8 Å². The summed E-state index contributed by atoms with van der Waals surface area (Å²) in [5, 5.41) is 4.47. The zero-order valence-corrected chi connectivity index (χ0v) is 18.5. The normalized spacial score (nSPS) is 19.2. The standard InChI is InChI=1S/C23H26N4O3S/c1-15-7-8-19-18(13-15)17(16(2)24-19)14-22(28)27-11-9-23(10-12-27)25-20-5-3-4-6-21(20)31(29,30)26-23/h3-8,13,24-26H,9-12,14H2,1-2H3. The lowest BCUT2D eigenvalue weighted by Gasteiger charge is -2.45. The molecule has 1 amide bonds. The molecule has 0 bridgehead atoms. The van der Waals surface area contributed by atoms with Gasteiger partial charge in [0.25, 0.3) is 0 Å². The molecule has 0 aliphatic carbocycles. The van der Waals surface area contributed by atoms with Crippen molar-refractivity contribution in [1.82, 2.24) is 14.6 Å². The van der Waals surface area contributed by atoms with Crippen molar-refractivity contribution in [2.45, 2.75) is 43.7 Å². The van der Waals surface area contributed by atoms with Gasteiger partial charge in [0.15, 0.2) is 0 Å². The van der Waals surface area contributed by atoms with Gasteiger partial charge in [0.2, 0.25) is 15.9 Å². The van der Waals surface area contributed by atoms with E-state index in [1.165, 1.54) is 0 Å². The smallest absolute Gasteiger partial charge is 0.244 e. The average molecular weight is 439 g/mol. The predicted octanol–water partition coefficient (Wildman–Crippen LogP) is 3.05. The second-order valence-electron chi connectivity index (χ2n) is 8.64. The summed E-state index contributed by atoms with van der Waals surface area (Å²) in [6.07, 6.45) is 1.36. The van der Waals surface area contributed by atoms with Gasteiger partial charge in [0, 0.05) is 42.5 Å². The largest absolute Gasteiger partial charge is 0.365 e. The van der Waals surface area contributed by atoms with Crippen molar-refractivity contribution in [2.75, 3.05) is 18.4 Å². The van der Waals surface area contributed by atoms with Crippen molar-refractivity contribution >= 4 is 32.5 Å². The Morgan fingerprint density at radius 2 is 1.84 bits per heavy atom. The molecule has 2 aromatic carbocycles. The first-order chi connectivity index (χ1) is 14.8. The minimum absolute atomic E-state index is 0.0689. The van der Waals surface area contributed by atoms with Crippen molar-refractivity contribution in [2.24, 2.45) is 0 Å². The van der Waals surface area contributed by atoms with E-state index in [0.717, 1.165) is 27.7 Å². The lowest BCUT2D eigenvalue weighted by molar-refractivity contribution is -0.131. The molecule has 1 aromatic heterocycles. The number of carbonyl (C=O) groups is 1. The Morgan fingerprint density at radius 1 is 1.10 bits per heavy atom. The second kappa shape index (κ2) is 7.10. The van der Waals surface area contributed by atoms with E-state index in [2.05, 4.69) is 33.2 Å². The highest BCUT2D eigenvalue weighted by molar-refractivity contribution is 7.89. The molecule has 0 radical (unpaired) electrons. The lowest BCUT2D eigenvalue weighted by atomic mass is 9.96. The van der Waals surface area contributed by atoms with Gasteiger partial charge in [-0.15, -0.1) is 0 Å². The van der Waals surface area contributed by atoms with Gasteiger partial charge >= 0.3 is 0 Å². The summed E-state index contributed by atoms with van der Waals surface area (Å²) in [5.41, 5.74) is 4.12. The lowest BCUT2D eigenvalue weighted by Crippen LogP contribution is -2.62. The molecule has 3 N–H and O–H groups in total. The van der Waals surface area contributed by atoms with Gasteiger partial charge in [0.05, 0.1) is 12.1 Å². The van der Waals surface area contributed by atoms with Gasteiger partial charge in [0.1, 0.15) is 10.6 Å². The Bertz CT molecular complexity index is 1290. The SMILES string of the molecule is Cc1ccc2[nH]c(C)c(CC(=O)N3CCC4(CC3)Nc3ccccc3S(=O)(=O)N4)c2c1. The summed E-state index contributed by atoms with van der Waals surface area (Å²) >= 11 is 0. The number of nitrogens with one attached hydrogen (secondary N) is 3. The van der Waals surface area contributed by atoms with Gasteiger partial charge in [-0.2, -0.15) is 4.72 Å². The number of hydrogen-bond acceptors (Lipinski definition) is 4. The zero-order chi connectivity index (χ0) is 21.8. The van der Waals surface area contributed by atoms with Gasteiger partial charge < -0.3 is 15.2 Å². The zero-order valence-electron chi connectivity index (χ0n) is 17.7. The quantitative estimate of drug-likeness (QED) is 0.573. The topological polar surface area (TPSA) is 94.3 Å². The summed E-state index contributed by atoms with van der Waals surface area (Å²) in [5.74, 6) is 0.0689. The number of sulfonamides is 1. The Kier molecular flexibility index (Phi) is 4.60. The molecule has 162 valence electrons. The Balaban J connectivity index is 1.32. The summed E-state index contributed by atoms with van der Waals surface area (Å²) in [6.45, 7) is 5.04. The molecule has 1 saturated heterocycles. The number of hydrogen-bond donors (Lipinski definition) is 3. The van der Waals surface area contributed by atoms with Crippen molar-refractivity contribution < 1.29 is 13.2 Å². The number of aromatic nitrogens is 1. The van der Waals surface area contributed by atoms with E-state index in [1.807, 2.05) is 24.8 Å². The number of anilines is 1. The number of fused-ring (bicyclic) bond motifs is 2. The molecule has 31 heavy (non-hydrogen) atoms. The minimum Gasteiger partial charge on any atom is -0.365 e. The number of carbonyl (C=O) groups excluding carboxylic acids is 1. The molecule has 0 atom stereocenters. The summed E-state index contributed by atoms with van der Waals surface area (Å²) in [6, 6.07) is 13.2. The molecular weight excluding hydrogens is 412 g/mol. The number of likely N-dealkylation sites (tertiary alicyclic amines) is 1. The number of H-pyrrole nitrogens is 1. The maximum absolute atomic E-state index is 13.1. The van der Waals surface area contributed by atoms with Crippen LogP contribution in [-0.2, 0) is 21.2 Å². The first-order valence-corrected chi connectivity index (χ1v) is 12.0. The number of para-hydroxylation sites is 1. The molecule has 1 spiro atoms. The third-order valence-corrected chi connectivity index (χ3v) is 8.05. The van der Waals surface area contributed by atoms with Crippen LogP contribution in [0.5, 0.6) is 0 Å². The highest BCUT2D eigenvalue weighted by atomic mass is 32.2. The molecule has 1 fully saturated rings. The van der Waals surface area contributed by atoms with E-state index in [9.17, 15) is 13.2 Å². The Morgan fingerprint density at radius 3 is 2.61 bits per heavy atom. The fourth-order valence-corrected chi connectivity index (χ4v) is 6.30. The van der Waals surface area contributed by atoms with E-state index in [0.29, 0.717) is 38.0 Å². The van der Waals surface area contributed by atoms with Gasteiger partial charge in [-0.05, 0) is 43.7 Å². The monoisotopic (exact) mass is 438 g/mol. The third-order valence-electron chi connectivity index (χ3n) is 6.45. The highest BCUT2D eigenvalue weighted by Crippen LogP contribution is 2.35. The highest BCUT2D eigenvalue weighted by Gasteiger charge is 2.43. The number of rotatable bonds is 2. The molecule has 8 heteroatoms. The maximum atomic E-state index is 13.1. The number of nitrogens with zero attached hydrogens (tertiary/aromatic N) is 1. The van der Waals surface area contributed by atoms with Crippen LogP contribution in [0.2, 0.25) is 0 Å². The number of piperidine rings is 1. The molecule has 2 aliphatic heterocycles. The van der Waals surface area contributed by atoms with E-state index >= 15 is 0 Å². The predicted molar refractivity (Wildman–Crippen MR) is 120 cm³/mol. The molecule has 3 heterocycles. The van der Waals surface area contributed by atoms with Gasteiger partial charge in [-0.3, -0.25) is 4.79 Å². The molecular formula is C23H26N4O3S. The Labute approximate surface area is 181 Å². The summed E-state index contributed by atoms with van der Waals surface area (Å²) in [4.78, 5) is 18.6. The Hall–Kier alpha value is -2.84. The summed E-state index contributed by atoms with van der Waals surface area (Å²) < 4.78 is 28.3. The van der Waals surface area contributed by atoms with Gasteiger partial charge in [-0.25, -0.2) is 8.42 Å². The number of aryl methyl sites for hydroxylation is 2. The molecule has 5 rings (SSSR count). The number of benzene rings is 2. The molecule has 2 aliphatic rings. The van der Waals surface area contributed by atoms with E-state index < -0.39 is 15.7 Å². The van der Waals surface area contributed by atoms with Gasteiger partial charge in [-0.1, -0.05) is 23.8 Å². The van der Waals surface area contributed by atoms with Crippen LogP contribution in [0.3, 0.4) is 0 Å².